The summed E-state index contributed by atoms with van der Waals surface area (Å²) in [7, 11) is 0. The van der Waals surface area contributed by atoms with Gasteiger partial charge in [-0.15, -0.1) is 0 Å². The number of anilines is 1. The van der Waals surface area contributed by atoms with Crippen LogP contribution in [0.3, 0.4) is 0 Å². The molecule has 19 heavy (non-hydrogen) atoms. The number of hydrogen-bond acceptors (Lipinski definition) is 4. The molecule has 2 N–H and O–H groups in total. The first-order chi connectivity index (χ1) is 9.11. The largest absolute Gasteiger partial charge is 0.375 e. The lowest BCUT2D eigenvalue weighted by atomic mass is 10.1. The summed E-state index contributed by atoms with van der Waals surface area (Å²) in [5.41, 5.74) is 7.19. The molecule has 4 heteroatoms. The molecule has 1 aromatic rings. The van der Waals surface area contributed by atoms with Crippen LogP contribution in [0.15, 0.2) is 18.3 Å². The molecule has 1 saturated heterocycles. The number of pyridine rings is 1. The van der Waals surface area contributed by atoms with Crippen LogP contribution in [0, 0.1) is 0 Å². The monoisotopic (exact) mass is 263 g/mol. The zero-order valence-electron chi connectivity index (χ0n) is 12.2. The highest BCUT2D eigenvalue weighted by molar-refractivity contribution is 5.48. The SMILES string of the molecule is CCC1COC(C)CN1c1ncccc1CC(C)N. The molecule has 0 bridgehead atoms. The Morgan fingerprint density at radius 3 is 3.05 bits per heavy atom. The van der Waals surface area contributed by atoms with E-state index in [0.29, 0.717) is 6.04 Å². The number of ether oxygens (including phenoxy) is 1. The molecule has 4 nitrogen and oxygen atoms in total. The Bertz CT molecular complexity index is 408. The number of aromatic nitrogens is 1. The van der Waals surface area contributed by atoms with E-state index in [9.17, 15) is 0 Å². The van der Waals surface area contributed by atoms with Crippen LogP contribution in [0.4, 0.5) is 5.82 Å². The van der Waals surface area contributed by atoms with Gasteiger partial charge < -0.3 is 15.4 Å². The molecule has 0 aromatic carbocycles. The van der Waals surface area contributed by atoms with E-state index in [2.05, 4.69) is 29.8 Å². The van der Waals surface area contributed by atoms with Crippen molar-refractivity contribution in [2.75, 3.05) is 18.1 Å². The molecule has 1 aromatic heterocycles. The van der Waals surface area contributed by atoms with Crippen molar-refractivity contribution >= 4 is 5.82 Å². The number of rotatable bonds is 4. The summed E-state index contributed by atoms with van der Waals surface area (Å²) in [4.78, 5) is 7.00. The van der Waals surface area contributed by atoms with E-state index in [1.165, 1.54) is 5.56 Å². The third-order valence-corrected chi connectivity index (χ3v) is 3.62. The molecule has 1 aliphatic rings. The van der Waals surface area contributed by atoms with Gasteiger partial charge in [0.1, 0.15) is 5.82 Å². The maximum absolute atomic E-state index is 5.95. The zero-order valence-corrected chi connectivity index (χ0v) is 12.2. The predicted molar refractivity (Wildman–Crippen MR) is 78.4 cm³/mol. The first kappa shape index (κ1) is 14.3. The number of morpholine rings is 1. The van der Waals surface area contributed by atoms with E-state index in [1.54, 1.807) is 0 Å². The Morgan fingerprint density at radius 2 is 2.37 bits per heavy atom. The minimum atomic E-state index is 0.154. The second-order valence-electron chi connectivity index (χ2n) is 5.53. The van der Waals surface area contributed by atoms with Gasteiger partial charge in [-0.3, -0.25) is 0 Å². The van der Waals surface area contributed by atoms with Crippen LogP contribution in [0.5, 0.6) is 0 Å². The molecule has 0 amide bonds. The van der Waals surface area contributed by atoms with Crippen molar-refractivity contribution in [3.63, 3.8) is 0 Å². The Morgan fingerprint density at radius 1 is 1.58 bits per heavy atom. The molecule has 3 unspecified atom stereocenters. The average Bonchev–Trinajstić information content (AvgIpc) is 2.38. The van der Waals surface area contributed by atoms with Gasteiger partial charge in [-0.25, -0.2) is 4.98 Å². The molecule has 2 rings (SSSR count). The molecular weight excluding hydrogens is 238 g/mol. The van der Waals surface area contributed by atoms with Crippen molar-refractivity contribution in [3.05, 3.63) is 23.9 Å². The minimum absolute atomic E-state index is 0.154. The fourth-order valence-electron chi connectivity index (χ4n) is 2.64. The third kappa shape index (κ3) is 3.45. The van der Waals surface area contributed by atoms with Crippen molar-refractivity contribution < 1.29 is 4.74 Å². The van der Waals surface area contributed by atoms with Crippen LogP contribution >= 0.6 is 0 Å². The fraction of sp³-hybridized carbons (Fsp3) is 0.667. The molecule has 0 saturated carbocycles. The first-order valence-electron chi connectivity index (χ1n) is 7.19. The van der Waals surface area contributed by atoms with Crippen LogP contribution < -0.4 is 10.6 Å². The van der Waals surface area contributed by atoms with E-state index in [0.717, 1.165) is 31.8 Å². The third-order valence-electron chi connectivity index (χ3n) is 3.62. The van der Waals surface area contributed by atoms with Gasteiger partial charge in [0.25, 0.3) is 0 Å². The summed E-state index contributed by atoms with van der Waals surface area (Å²) >= 11 is 0. The van der Waals surface area contributed by atoms with Crippen molar-refractivity contribution in [2.45, 2.75) is 51.8 Å². The van der Waals surface area contributed by atoms with Gasteiger partial charge in [0.2, 0.25) is 0 Å². The number of hydrogen-bond donors (Lipinski definition) is 1. The Labute approximate surface area is 116 Å². The van der Waals surface area contributed by atoms with Crippen LogP contribution in [0.25, 0.3) is 0 Å². The second kappa shape index (κ2) is 6.35. The smallest absolute Gasteiger partial charge is 0.132 e. The lowest BCUT2D eigenvalue weighted by Gasteiger charge is -2.40. The van der Waals surface area contributed by atoms with Crippen molar-refractivity contribution in [1.82, 2.24) is 4.98 Å². The number of nitrogens with zero attached hydrogens (tertiary/aromatic N) is 2. The first-order valence-corrected chi connectivity index (χ1v) is 7.19. The Kier molecular flexibility index (Phi) is 4.77. The van der Waals surface area contributed by atoms with E-state index in [1.807, 2.05) is 19.2 Å². The van der Waals surface area contributed by atoms with E-state index < -0.39 is 0 Å². The summed E-state index contributed by atoms with van der Waals surface area (Å²) in [5, 5.41) is 0. The molecule has 0 spiro atoms. The van der Waals surface area contributed by atoms with E-state index in [4.69, 9.17) is 10.5 Å². The normalized spacial score (nSPS) is 25.4. The molecule has 0 radical (unpaired) electrons. The summed E-state index contributed by atoms with van der Waals surface area (Å²) in [6, 6.07) is 4.70. The lowest BCUT2D eigenvalue weighted by Crippen LogP contribution is -2.49. The summed E-state index contributed by atoms with van der Waals surface area (Å²) in [6.45, 7) is 8.04. The predicted octanol–water partition coefficient (Wildman–Crippen LogP) is 1.98. The van der Waals surface area contributed by atoms with Crippen LogP contribution in [-0.4, -0.2) is 36.3 Å². The average molecular weight is 263 g/mol. The molecule has 0 aliphatic carbocycles. The standard InChI is InChI=1S/C15H25N3O/c1-4-14-10-19-12(3)9-18(14)15-13(8-11(2)16)6-5-7-17-15/h5-7,11-12,14H,4,8-10,16H2,1-3H3. The Hall–Kier alpha value is -1.13. The molecular formula is C15H25N3O. The van der Waals surface area contributed by atoms with Crippen LogP contribution in [-0.2, 0) is 11.2 Å². The quantitative estimate of drug-likeness (QED) is 0.902. The highest BCUT2D eigenvalue weighted by Crippen LogP contribution is 2.25. The summed E-state index contributed by atoms with van der Waals surface area (Å²) in [6.07, 6.45) is 4.06. The summed E-state index contributed by atoms with van der Waals surface area (Å²) in [5.74, 6) is 1.09. The van der Waals surface area contributed by atoms with Crippen molar-refractivity contribution in [2.24, 2.45) is 5.73 Å². The maximum atomic E-state index is 5.95. The van der Waals surface area contributed by atoms with Gasteiger partial charge in [-0.2, -0.15) is 0 Å². The molecule has 1 fully saturated rings. The minimum Gasteiger partial charge on any atom is -0.375 e. The van der Waals surface area contributed by atoms with Gasteiger partial charge in [-0.05, 0) is 38.3 Å². The van der Waals surface area contributed by atoms with Gasteiger partial charge in [0.05, 0.1) is 18.8 Å². The number of nitrogens with two attached hydrogens (primary N) is 1. The van der Waals surface area contributed by atoms with Gasteiger partial charge >= 0.3 is 0 Å². The highest BCUT2D eigenvalue weighted by Gasteiger charge is 2.28. The van der Waals surface area contributed by atoms with Crippen molar-refractivity contribution in [3.8, 4) is 0 Å². The fourth-order valence-corrected chi connectivity index (χ4v) is 2.64. The summed E-state index contributed by atoms with van der Waals surface area (Å²) < 4.78 is 5.76. The van der Waals surface area contributed by atoms with Crippen LogP contribution in [0.2, 0.25) is 0 Å². The maximum Gasteiger partial charge on any atom is 0.132 e. The van der Waals surface area contributed by atoms with E-state index in [-0.39, 0.29) is 12.1 Å². The molecule has 2 heterocycles. The molecule has 1 aliphatic heterocycles. The molecule has 3 atom stereocenters. The topological polar surface area (TPSA) is 51.4 Å². The molecule has 106 valence electrons. The Balaban J connectivity index is 2.27. The van der Waals surface area contributed by atoms with Gasteiger partial charge in [0.15, 0.2) is 0 Å². The van der Waals surface area contributed by atoms with Gasteiger partial charge in [0, 0.05) is 18.8 Å². The van der Waals surface area contributed by atoms with Crippen molar-refractivity contribution in [1.29, 1.82) is 0 Å². The second-order valence-corrected chi connectivity index (χ2v) is 5.53. The van der Waals surface area contributed by atoms with Crippen LogP contribution in [0.1, 0.15) is 32.8 Å². The van der Waals surface area contributed by atoms with Gasteiger partial charge in [-0.1, -0.05) is 13.0 Å². The lowest BCUT2D eigenvalue weighted by molar-refractivity contribution is 0.0295. The zero-order chi connectivity index (χ0) is 13.8. The van der Waals surface area contributed by atoms with E-state index >= 15 is 0 Å². The highest BCUT2D eigenvalue weighted by atomic mass is 16.5.